The van der Waals surface area contributed by atoms with Gasteiger partial charge in [0.15, 0.2) is 11.2 Å². The van der Waals surface area contributed by atoms with E-state index < -0.39 is 0 Å². The second-order valence-electron chi connectivity index (χ2n) is 4.31. The van der Waals surface area contributed by atoms with Gasteiger partial charge in [-0.25, -0.2) is 4.98 Å². The van der Waals surface area contributed by atoms with Crippen molar-refractivity contribution in [2.24, 2.45) is 0 Å². The fourth-order valence-corrected chi connectivity index (χ4v) is 3.31. The normalized spacial score (nSPS) is 10.9. The molecule has 0 aliphatic heterocycles. The van der Waals surface area contributed by atoms with E-state index in [1.807, 2.05) is 20.8 Å². The number of aromatic nitrogens is 2. The van der Waals surface area contributed by atoms with Gasteiger partial charge in [-0.3, -0.25) is 14.0 Å². The van der Waals surface area contributed by atoms with Crippen LogP contribution in [0.1, 0.15) is 45.4 Å². The number of amides is 1. The quantitative estimate of drug-likeness (QED) is 0.807. The Hall–Kier alpha value is -1.69. The third-order valence-electron chi connectivity index (χ3n) is 3.28. The molecule has 0 atom stereocenters. The Morgan fingerprint density at radius 2 is 2.00 bits per heavy atom. The molecule has 0 aromatic carbocycles. The summed E-state index contributed by atoms with van der Waals surface area (Å²) >= 11 is 1.34. The van der Waals surface area contributed by atoms with Gasteiger partial charge < -0.3 is 4.90 Å². The zero-order valence-corrected chi connectivity index (χ0v) is 12.4. The molecule has 19 heavy (non-hydrogen) atoms. The molecule has 0 radical (unpaired) electrons. The van der Waals surface area contributed by atoms with Gasteiger partial charge in [0, 0.05) is 18.8 Å². The molecule has 0 spiro atoms. The number of carbonyl (C=O) groups is 2. The van der Waals surface area contributed by atoms with Crippen molar-refractivity contribution < 1.29 is 9.59 Å². The molecule has 0 bridgehead atoms. The van der Waals surface area contributed by atoms with E-state index in [9.17, 15) is 9.59 Å². The number of thiazole rings is 1. The maximum Gasteiger partial charge on any atom is 0.265 e. The Balaban J connectivity index is 2.58. The number of rotatable bonds is 4. The van der Waals surface area contributed by atoms with Crippen molar-refractivity contribution in [1.82, 2.24) is 14.3 Å². The van der Waals surface area contributed by atoms with Crippen LogP contribution in [0.3, 0.4) is 0 Å². The van der Waals surface area contributed by atoms with Crippen LogP contribution >= 0.6 is 11.3 Å². The van der Waals surface area contributed by atoms with Crippen LogP contribution < -0.4 is 0 Å². The number of carbonyl (C=O) groups excluding carboxylic acids is 2. The number of imidazole rings is 1. The van der Waals surface area contributed by atoms with Crippen molar-refractivity contribution in [3.8, 4) is 0 Å². The first-order valence-corrected chi connectivity index (χ1v) is 7.09. The van der Waals surface area contributed by atoms with Gasteiger partial charge in [0.05, 0.1) is 5.69 Å². The average Bonchev–Trinajstić information content (AvgIpc) is 2.87. The second-order valence-corrected chi connectivity index (χ2v) is 5.29. The number of aryl methyl sites for hydroxylation is 2. The maximum absolute atomic E-state index is 12.4. The van der Waals surface area contributed by atoms with E-state index in [0.717, 1.165) is 12.0 Å². The zero-order valence-electron chi connectivity index (χ0n) is 11.6. The molecule has 0 aliphatic carbocycles. The van der Waals surface area contributed by atoms with Crippen molar-refractivity contribution in [3.05, 3.63) is 22.0 Å². The van der Waals surface area contributed by atoms with Gasteiger partial charge in [-0.2, -0.15) is 0 Å². The van der Waals surface area contributed by atoms with Gasteiger partial charge in [-0.15, -0.1) is 0 Å². The largest absolute Gasteiger partial charge is 0.338 e. The lowest BCUT2D eigenvalue weighted by molar-refractivity contribution is 0.0776. The molecule has 0 N–H and O–H groups in total. The van der Waals surface area contributed by atoms with Gasteiger partial charge in [-0.1, -0.05) is 11.3 Å². The molecule has 0 fully saturated rings. The van der Waals surface area contributed by atoms with E-state index in [2.05, 4.69) is 4.98 Å². The van der Waals surface area contributed by atoms with E-state index in [-0.39, 0.29) is 5.91 Å². The molecule has 0 saturated carbocycles. The molecule has 2 aromatic heterocycles. The minimum atomic E-state index is 0.00695. The number of nitrogens with zero attached hydrogens (tertiary/aromatic N) is 3. The van der Waals surface area contributed by atoms with Crippen LogP contribution in [0.15, 0.2) is 0 Å². The Morgan fingerprint density at radius 3 is 2.53 bits per heavy atom. The van der Waals surface area contributed by atoms with Crippen molar-refractivity contribution in [2.45, 2.75) is 27.7 Å². The average molecular weight is 279 g/mol. The molecular weight excluding hydrogens is 262 g/mol. The SMILES string of the molecule is CCN(CC)C(=O)c1sc2nc(C)c(C=O)n2c1C. The van der Waals surface area contributed by atoms with Crippen molar-refractivity contribution >= 4 is 28.5 Å². The first-order chi connectivity index (χ1) is 9.04. The third-order valence-corrected chi connectivity index (χ3v) is 4.41. The Labute approximate surface area is 115 Å². The fourth-order valence-electron chi connectivity index (χ4n) is 2.17. The zero-order chi connectivity index (χ0) is 14.2. The van der Waals surface area contributed by atoms with Crippen LogP contribution in [0.2, 0.25) is 0 Å². The van der Waals surface area contributed by atoms with Crippen LogP contribution in [0, 0.1) is 13.8 Å². The van der Waals surface area contributed by atoms with Crippen LogP contribution in [0.25, 0.3) is 4.96 Å². The smallest absolute Gasteiger partial charge is 0.265 e. The molecule has 102 valence electrons. The summed E-state index contributed by atoms with van der Waals surface area (Å²) in [7, 11) is 0. The molecule has 6 heteroatoms. The predicted octanol–water partition coefficient (Wildman–Crippen LogP) is 2.31. The summed E-state index contributed by atoms with van der Waals surface area (Å²) in [5.41, 5.74) is 2.02. The fraction of sp³-hybridized carbons (Fsp3) is 0.462. The van der Waals surface area contributed by atoms with Crippen molar-refractivity contribution in [1.29, 1.82) is 0 Å². The summed E-state index contributed by atoms with van der Waals surface area (Å²) < 4.78 is 1.77. The van der Waals surface area contributed by atoms with Gasteiger partial charge in [-0.05, 0) is 27.7 Å². The summed E-state index contributed by atoms with van der Waals surface area (Å²) in [4.78, 5) is 31.0. The number of hydrogen-bond donors (Lipinski definition) is 0. The van der Waals surface area contributed by atoms with Gasteiger partial charge >= 0.3 is 0 Å². The highest BCUT2D eigenvalue weighted by Gasteiger charge is 2.22. The molecule has 2 heterocycles. The molecule has 0 aliphatic rings. The Kier molecular flexibility index (Phi) is 3.71. The summed E-state index contributed by atoms with van der Waals surface area (Å²) in [6, 6.07) is 0. The van der Waals surface area contributed by atoms with E-state index in [1.165, 1.54) is 11.3 Å². The van der Waals surface area contributed by atoms with Crippen molar-refractivity contribution in [2.75, 3.05) is 13.1 Å². The van der Waals surface area contributed by atoms with E-state index >= 15 is 0 Å². The first kappa shape index (κ1) is 13.7. The lowest BCUT2D eigenvalue weighted by atomic mass is 10.3. The highest BCUT2D eigenvalue weighted by Crippen LogP contribution is 2.26. The van der Waals surface area contributed by atoms with Crippen LogP contribution in [-0.2, 0) is 0 Å². The lowest BCUT2D eigenvalue weighted by Gasteiger charge is -2.17. The van der Waals surface area contributed by atoms with Crippen LogP contribution in [-0.4, -0.2) is 39.6 Å². The van der Waals surface area contributed by atoms with E-state index in [4.69, 9.17) is 0 Å². The summed E-state index contributed by atoms with van der Waals surface area (Å²) in [6.45, 7) is 8.92. The minimum Gasteiger partial charge on any atom is -0.338 e. The molecule has 5 nitrogen and oxygen atoms in total. The highest BCUT2D eigenvalue weighted by molar-refractivity contribution is 7.19. The Morgan fingerprint density at radius 1 is 1.37 bits per heavy atom. The molecule has 2 rings (SSSR count). The van der Waals surface area contributed by atoms with Gasteiger partial charge in [0.1, 0.15) is 10.6 Å². The predicted molar refractivity (Wildman–Crippen MR) is 75.2 cm³/mol. The molecule has 0 unspecified atom stereocenters. The number of aldehydes is 1. The van der Waals surface area contributed by atoms with Gasteiger partial charge in [0.25, 0.3) is 5.91 Å². The number of fused-ring (bicyclic) bond motifs is 1. The summed E-state index contributed by atoms with van der Waals surface area (Å²) in [5.74, 6) is 0.00695. The molecule has 0 saturated heterocycles. The molecular formula is C13H17N3O2S. The van der Waals surface area contributed by atoms with Crippen LogP contribution in [0.5, 0.6) is 0 Å². The topological polar surface area (TPSA) is 54.7 Å². The third kappa shape index (κ3) is 2.06. The monoisotopic (exact) mass is 279 g/mol. The molecule has 1 amide bonds. The first-order valence-electron chi connectivity index (χ1n) is 6.28. The summed E-state index contributed by atoms with van der Waals surface area (Å²) in [5, 5.41) is 0. The van der Waals surface area contributed by atoms with Crippen LogP contribution in [0.4, 0.5) is 0 Å². The second kappa shape index (κ2) is 5.13. The van der Waals surface area contributed by atoms with Crippen molar-refractivity contribution in [3.63, 3.8) is 0 Å². The number of hydrogen-bond acceptors (Lipinski definition) is 4. The highest BCUT2D eigenvalue weighted by atomic mass is 32.1. The standard InChI is InChI=1S/C13H17N3O2S/c1-5-15(6-2)12(18)11-9(4)16-10(7-17)8(3)14-13(16)19-11/h7H,5-6H2,1-4H3. The maximum atomic E-state index is 12.4. The molecule has 2 aromatic rings. The van der Waals surface area contributed by atoms with Gasteiger partial charge in [0.2, 0.25) is 0 Å². The minimum absolute atomic E-state index is 0.00695. The van der Waals surface area contributed by atoms with E-state index in [0.29, 0.717) is 34.3 Å². The summed E-state index contributed by atoms with van der Waals surface area (Å²) in [6.07, 6.45) is 0.792. The Bertz CT molecular complexity index is 638. The van der Waals surface area contributed by atoms with E-state index in [1.54, 1.807) is 16.2 Å². The lowest BCUT2D eigenvalue weighted by Crippen LogP contribution is -2.30.